The summed E-state index contributed by atoms with van der Waals surface area (Å²) in [7, 11) is 0. The lowest BCUT2D eigenvalue weighted by atomic mass is 10.00. The van der Waals surface area contributed by atoms with Crippen molar-refractivity contribution >= 4 is 17.5 Å². The average Bonchev–Trinajstić information content (AvgIpc) is 2.95. The number of rotatable bonds is 5. The summed E-state index contributed by atoms with van der Waals surface area (Å²) in [4.78, 5) is 22.8. The highest BCUT2D eigenvalue weighted by atomic mass is 16.5. The summed E-state index contributed by atoms with van der Waals surface area (Å²) < 4.78 is 5.39. The molecule has 0 bridgehead atoms. The van der Waals surface area contributed by atoms with Crippen molar-refractivity contribution in [2.45, 2.75) is 38.1 Å². The van der Waals surface area contributed by atoms with Crippen LogP contribution in [0.1, 0.15) is 32.6 Å². The molecule has 1 fully saturated rings. The van der Waals surface area contributed by atoms with Gasteiger partial charge in [-0.2, -0.15) is 5.26 Å². The van der Waals surface area contributed by atoms with Crippen LogP contribution < -0.4 is 15.4 Å². The number of benzene rings is 1. The molecule has 2 amide bonds. The zero-order valence-corrected chi connectivity index (χ0v) is 12.5. The van der Waals surface area contributed by atoms with E-state index < -0.39 is 5.54 Å². The Morgan fingerprint density at radius 1 is 1.27 bits per heavy atom. The molecule has 1 aliphatic rings. The van der Waals surface area contributed by atoms with Crippen molar-refractivity contribution in [1.29, 1.82) is 5.26 Å². The van der Waals surface area contributed by atoms with Gasteiger partial charge < -0.3 is 15.4 Å². The smallest absolute Gasteiger partial charge is 0.259 e. The van der Waals surface area contributed by atoms with Gasteiger partial charge in [0, 0.05) is 12.6 Å². The molecule has 0 spiro atoms. The summed E-state index contributed by atoms with van der Waals surface area (Å²) in [5, 5.41) is 14.6. The van der Waals surface area contributed by atoms with Gasteiger partial charge in [0.2, 0.25) is 5.91 Å². The van der Waals surface area contributed by atoms with Gasteiger partial charge in [-0.25, -0.2) is 0 Å². The van der Waals surface area contributed by atoms with E-state index >= 15 is 0 Å². The third kappa shape index (κ3) is 4.22. The summed E-state index contributed by atoms with van der Waals surface area (Å²) in [5.41, 5.74) is -0.0610. The summed E-state index contributed by atoms with van der Waals surface area (Å²) in [6, 6.07) is 8.95. The van der Waals surface area contributed by atoms with E-state index in [0.29, 0.717) is 24.3 Å². The van der Waals surface area contributed by atoms with E-state index in [-0.39, 0.29) is 18.4 Å². The van der Waals surface area contributed by atoms with Gasteiger partial charge in [0.15, 0.2) is 6.61 Å². The van der Waals surface area contributed by atoms with Crippen LogP contribution in [0.2, 0.25) is 0 Å². The van der Waals surface area contributed by atoms with Gasteiger partial charge in [0.1, 0.15) is 11.3 Å². The first kappa shape index (κ1) is 15.8. The zero-order chi connectivity index (χ0) is 16.0. The SMILES string of the molecule is CC(=O)Nc1ccc(OCC(=O)NC2(C#N)CCCC2)cc1. The minimum atomic E-state index is -0.726. The van der Waals surface area contributed by atoms with Gasteiger partial charge >= 0.3 is 0 Å². The van der Waals surface area contributed by atoms with Gasteiger partial charge in [0.25, 0.3) is 5.91 Å². The molecule has 0 aliphatic heterocycles. The largest absolute Gasteiger partial charge is 0.484 e. The molecule has 2 N–H and O–H groups in total. The lowest BCUT2D eigenvalue weighted by Gasteiger charge is -2.21. The molecule has 0 heterocycles. The van der Waals surface area contributed by atoms with Crippen LogP contribution in [0.4, 0.5) is 5.69 Å². The molecule has 116 valence electrons. The van der Waals surface area contributed by atoms with Crippen molar-refractivity contribution < 1.29 is 14.3 Å². The molecule has 0 radical (unpaired) electrons. The van der Waals surface area contributed by atoms with Crippen LogP contribution in [-0.2, 0) is 9.59 Å². The van der Waals surface area contributed by atoms with E-state index in [1.54, 1.807) is 24.3 Å². The molecule has 6 heteroatoms. The van der Waals surface area contributed by atoms with Crippen LogP contribution in [0.3, 0.4) is 0 Å². The number of hydrogen-bond acceptors (Lipinski definition) is 4. The predicted octanol–water partition coefficient (Wildman–Crippen LogP) is 1.98. The number of amides is 2. The Morgan fingerprint density at radius 2 is 1.91 bits per heavy atom. The second-order valence-electron chi connectivity index (χ2n) is 5.44. The molecule has 0 saturated heterocycles. The monoisotopic (exact) mass is 301 g/mol. The molecule has 1 aliphatic carbocycles. The van der Waals surface area contributed by atoms with Crippen molar-refractivity contribution in [2.24, 2.45) is 0 Å². The van der Waals surface area contributed by atoms with E-state index in [1.165, 1.54) is 6.92 Å². The molecule has 0 unspecified atom stereocenters. The number of carbonyl (C=O) groups excluding carboxylic acids is 2. The van der Waals surface area contributed by atoms with Crippen molar-refractivity contribution in [2.75, 3.05) is 11.9 Å². The first-order chi connectivity index (χ1) is 10.5. The number of anilines is 1. The third-order valence-corrected chi connectivity index (χ3v) is 3.59. The molecule has 0 atom stereocenters. The number of hydrogen-bond donors (Lipinski definition) is 2. The highest BCUT2D eigenvalue weighted by Crippen LogP contribution is 2.28. The number of nitriles is 1. The van der Waals surface area contributed by atoms with E-state index in [4.69, 9.17) is 4.74 Å². The van der Waals surface area contributed by atoms with Crippen LogP contribution in [-0.4, -0.2) is 24.0 Å². The fraction of sp³-hybridized carbons (Fsp3) is 0.438. The molecule has 1 aromatic carbocycles. The summed E-state index contributed by atoms with van der Waals surface area (Å²) in [5.74, 6) is 0.0856. The molecule has 0 aromatic heterocycles. The second-order valence-corrected chi connectivity index (χ2v) is 5.44. The van der Waals surface area contributed by atoms with Gasteiger partial charge in [-0.15, -0.1) is 0 Å². The molecule has 1 saturated carbocycles. The Bertz CT molecular complexity index is 584. The Hall–Kier alpha value is -2.55. The lowest BCUT2D eigenvalue weighted by Crippen LogP contribution is -2.47. The van der Waals surface area contributed by atoms with Gasteiger partial charge in [-0.05, 0) is 49.9 Å². The second kappa shape index (κ2) is 6.94. The summed E-state index contributed by atoms with van der Waals surface area (Å²) in [6.07, 6.45) is 3.31. The molecule has 2 rings (SSSR count). The topological polar surface area (TPSA) is 91.2 Å². The maximum Gasteiger partial charge on any atom is 0.259 e. The standard InChI is InChI=1S/C16H19N3O3/c1-12(20)18-13-4-6-14(7-5-13)22-10-15(21)19-16(11-17)8-2-3-9-16/h4-7H,2-3,8-10H2,1H3,(H,18,20)(H,19,21). The van der Waals surface area contributed by atoms with Crippen LogP contribution in [0.15, 0.2) is 24.3 Å². The molecular weight excluding hydrogens is 282 g/mol. The molecule has 22 heavy (non-hydrogen) atoms. The Balaban J connectivity index is 1.83. The van der Waals surface area contributed by atoms with Crippen LogP contribution in [0.5, 0.6) is 5.75 Å². The van der Waals surface area contributed by atoms with Gasteiger partial charge in [-0.3, -0.25) is 9.59 Å². The van der Waals surface area contributed by atoms with E-state index in [2.05, 4.69) is 16.7 Å². The average molecular weight is 301 g/mol. The van der Waals surface area contributed by atoms with Crippen LogP contribution in [0.25, 0.3) is 0 Å². The fourth-order valence-corrected chi connectivity index (χ4v) is 2.53. The Labute approximate surface area is 129 Å². The lowest BCUT2D eigenvalue weighted by molar-refractivity contribution is -0.124. The van der Waals surface area contributed by atoms with Crippen molar-refractivity contribution in [1.82, 2.24) is 5.32 Å². The summed E-state index contributed by atoms with van der Waals surface area (Å²) in [6.45, 7) is 1.30. The van der Waals surface area contributed by atoms with Crippen LogP contribution in [0, 0.1) is 11.3 Å². The first-order valence-electron chi connectivity index (χ1n) is 7.26. The maximum atomic E-state index is 11.9. The van der Waals surface area contributed by atoms with Crippen molar-refractivity contribution in [3.8, 4) is 11.8 Å². The predicted molar refractivity (Wildman–Crippen MR) is 81.2 cm³/mol. The quantitative estimate of drug-likeness (QED) is 0.870. The minimum Gasteiger partial charge on any atom is -0.484 e. The Kier molecular flexibility index (Phi) is 4.99. The van der Waals surface area contributed by atoms with Gasteiger partial charge in [-0.1, -0.05) is 0 Å². The van der Waals surface area contributed by atoms with E-state index in [1.807, 2.05) is 0 Å². The summed E-state index contributed by atoms with van der Waals surface area (Å²) >= 11 is 0. The minimum absolute atomic E-state index is 0.136. The van der Waals surface area contributed by atoms with Crippen molar-refractivity contribution in [3.05, 3.63) is 24.3 Å². The van der Waals surface area contributed by atoms with E-state index in [9.17, 15) is 14.9 Å². The Morgan fingerprint density at radius 3 is 2.45 bits per heavy atom. The number of carbonyl (C=O) groups is 2. The highest BCUT2D eigenvalue weighted by molar-refractivity contribution is 5.88. The molecule has 1 aromatic rings. The maximum absolute atomic E-state index is 11.9. The van der Waals surface area contributed by atoms with Gasteiger partial charge in [0.05, 0.1) is 6.07 Å². The normalized spacial score (nSPS) is 15.6. The van der Waals surface area contributed by atoms with Crippen molar-refractivity contribution in [3.63, 3.8) is 0 Å². The third-order valence-electron chi connectivity index (χ3n) is 3.59. The number of nitrogens with one attached hydrogen (secondary N) is 2. The molecule has 6 nitrogen and oxygen atoms in total. The number of nitrogens with zero attached hydrogens (tertiary/aromatic N) is 1. The van der Waals surface area contributed by atoms with Crippen LogP contribution >= 0.6 is 0 Å². The van der Waals surface area contributed by atoms with E-state index in [0.717, 1.165) is 12.8 Å². The molecular formula is C16H19N3O3. The fourth-order valence-electron chi connectivity index (χ4n) is 2.53. The number of ether oxygens (including phenoxy) is 1. The highest BCUT2D eigenvalue weighted by Gasteiger charge is 2.35. The zero-order valence-electron chi connectivity index (χ0n) is 12.5. The first-order valence-corrected chi connectivity index (χ1v) is 7.26.